The van der Waals surface area contributed by atoms with Crippen molar-refractivity contribution in [2.45, 2.75) is 59.0 Å². The molecule has 2 heterocycles. The fraction of sp³-hybridized carbons (Fsp3) is 0.750. The topological polar surface area (TPSA) is 78.9 Å². The van der Waals surface area contributed by atoms with E-state index in [0.29, 0.717) is 5.92 Å². The molecule has 7 nitrogen and oxygen atoms in total. The van der Waals surface area contributed by atoms with Gasteiger partial charge in [-0.25, -0.2) is 9.78 Å². The number of thiazole rings is 1. The number of carbonyl (C=O) groups excluding carboxylic acids is 1. The highest BCUT2D eigenvalue weighted by atomic mass is 127. The van der Waals surface area contributed by atoms with E-state index in [1.54, 1.807) is 18.4 Å². The summed E-state index contributed by atoms with van der Waals surface area (Å²) in [5.74, 6) is 1.30. The summed E-state index contributed by atoms with van der Waals surface area (Å²) in [4.78, 5) is 24.0. The van der Waals surface area contributed by atoms with Gasteiger partial charge in [0, 0.05) is 50.7 Å². The Morgan fingerprint density at radius 1 is 1.38 bits per heavy atom. The quantitative estimate of drug-likeness (QED) is 0.328. The number of nitrogens with one attached hydrogen (secondary N) is 2. The number of likely N-dealkylation sites (tertiary alicyclic amines) is 1. The molecule has 0 aromatic carbocycles. The van der Waals surface area contributed by atoms with Crippen molar-refractivity contribution < 1.29 is 9.53 Å². The molecule has 1 saturated heterocycles. The molecule has 0 bridgehead atoms. The van der Waals surface area contributed by atoms with Crippen LogP contribution in [0.5, 0.6) is 0 Å². The lowest BCUT2D eigenvalue weighted by Crippen LogP contribution is -2.44. The number of hydrogen-bond donors (Lipinski definition) is 2. The molecule has 1 unspecified atom stereocenters. The summed E-state index contributed by atoms with van der Waals surface area (Å²) in [6.45, 7) is 11.0. The highest BCUT2D eigenvalue weighted by Gasteiger charge is 2.27. The van der Waals surface area contributed by atoms with E-state index in [0.717, 1.165) is 62.8 Å². The molecule has 1 aromatic heterocycles. The Morgan fingerprint density at radius 2 is 2.10 bits per heavy atom. The molecule has 1 aromatic rings. The minimum absolute atomic E-state index is 0. The first-order valence-electron chi connectivity index (χ1n) is 10.1. The van der Waals surface area contributed by atoms with E-state index in [1.165, 1.54) is 4.88 Å². The number of carbonyl (C=O) groups is 1. The van der Waals surface area contributed by atoms with Crippen LogP contribution in [0.2, 0.25) is 0 Å². The first-order valence-corrected chi connectivity index (χ1v) is 10.9. The smallest absolute Gasteiger partial charge is 0.410 e. The molecule has 2 N–H and O–H groups in total. The van der Waals surface area contributed by atoms with E-state index in [-0.39, 0.29) is 30.1 Å². The summed E-state index contributed by atoms with van der Waals surface area (Å²) in [6, 6.07) is 0. The van der Waals surface area contributed by atoms with Gasteiger partial charge in [0.1, 0.15) is 5.60 Å². The lowest BCUT2D eigenvalue weighted by atomic mass is 9.95. The maximum Gasteiger partial charge on any atom is 0.410 e. The Morgan fingerprint density at radius 3 is 2.72 bits per heavy atom. The van der Waals surface area contributed by atoms with Crippen LogP contribution in [0.25, 0.3) is 0 Å². The van der Waals surface area contributed by atoms with Gasteiger partial charge < -0.3 is 20.3 Å². The van der Waals surface area contributed by atoms with Crippen LogP contribution < -0.4 is 10.6 Å². The molecule has 0 radical (unpaired) electrons. The number of rotatable bonds is 6. The molecule has 9 heteroatoms. The molecule has 29 heavy (non-hydrogen) atoms. The van der Waals surface area contributed by atoms with Crippen molar-refractivity contribution in [1.29, 1.82) is 0 Å². The van der Waals surface area contributed by atoms with Crippen molar-refractivity contribution in [1.82, 2.24) is 20.5 Å². The highest BCUT2D eigenvalue weighted by molar-refractivity contribution is 14.0. The van der Waals surface area contributed by atoms with Crippen LogP contribution in [0.3, 0.4) is 0 Å². The van der Waals surface area contributed by atoms with Crippen LogP contribution in [-0.2, 0) is 11.2 Å². The number of ether oxygens (including phenoxy) is 1. The molecule has 1 aliphatic heterocycles. The Hall–Kier alpha value is -1.10. The third-order valence-corrected chi connectivity index (χ3v) is 5.51. The van der Waals surface area contributed by atoms with Crippen molar-refractivity contribution in [2.24, 2.45) is 10.9 Å². The number of piperidine rings is 1. The maximum absolute atomic E-state index is 12.3. The minimum Gasteiger partial charge on any atom is -0.444 e. The molecule has 2 rings (SSSR count). The average molecular weight is 538 g/mol. The van der Waals surface area contributed by atoms with E-state index in [9.17, 15) is 4.79 Å². The van der Waals surface area contributed by atoms with Crippen molar-refractivity contribution in [3.8, 4) is 0 Å². The van der Waals surface area contributed by atoms with Gasteiger partial charge in [0.2, 0.25) is 0 Å². The Bertz CT molecular complexity index is 660. The number of hydrogen-bond acceptors (Lipinski definition) is 5. The molecule has 0 aliphatic carbocycles. The molecule has 0 saturated carbocycles. The van der Waals surface area contributed by atoms with E-state index in [2.05, 4.69) is 27.5 Å². The lowest BCUT2D eigenvalue weighted by molar-refractivity contribution is 0.0162. The molecular formula is C20H36IN5O2S. The summed E-state index contributed by atoms with van der Waals surface area (Å²) in [6.07, 6.45) is 5.80. The molecule has 1 aliphatic rings. The van der Waals surface area contributed by atoms with E-state index in [4.69, 9.17) is 4.74 Å². The number of nitrogens with zero attached hydrogens (tertiary/aromatic N) is 3. The molecular weight excluding hydrogens is 501 g/mol. The SMILES string of the molecule is CN=C(NCCc1ncc(C)s1)NCCC1CCCN(C(=O)OC(C)(C)C)C1.I. The summed E-state index contributed by atoms with van der Waals surface area (Å²) in [7, 11) is 1.79. The lowest BCUT2D eigenvalue weighted by Gasteiger charge is -2.34. The van der Waals surface area contributed by atoms with E-state index in [1.807, 2.05) is 31.9 Å². The van der Waals surface area contributed by atoms with Crippen molar-refractivity contribution in [2.75, 3.05) is 33.2 Å². The first kappa shape index (κ1) is 25.9. The van der Waals surface area contributed by atoms with E-state index >= 15 is 0 Å². The summed E-state index contributed by atoms with van der Waals surface area (Å²) >= 11 is 1.74. The van der Waals surface area contributed by atoms with Gasteiger partial charge in [-0.1, -0.05) is 0 Å². The van der Waals surface area contributed by atoms with Crippen LogP contribution in [0, 0.1) is 12.8 Å². The highest BCUT2D eigenvalue weighted by Crippen LogP contribution is 2.21. The first-order chi connectivity index (χ1) is 13.3. The van der Waals surface area contributed by atoms with Gasteiger partial charge in [0.15, 0.2) is 5.96 Å². The van der Waals surface area contributed by atoms with Gasteiger partial charge in [-0.2, -0.15) is 0 Å². The average Bonchev–Trinajstić information content (AvgIpc) is 3.04. The predicted octanol–water partition coefficient (Wildman–Crippen LogP) is 3.81. The van der Waals surface area contributed by atoms with Crippen LogP contribution in [0.1, 0.15) is 49.9 Å². The van der Waals surface area contributed by atoms with Gasteiger partial charge >= 0.3 is 6.09 Å². The van der Waals surface area contributed by atoms with Gasteiger partial charge in [-0.15, -0.1) is 35.3 Å². The number of amides is 1. The van der Waals surface area contributed by atoms with Gasteiger partial charge in [0.25, 0.3) is 0 Å². The Balaban J connectivity index is 0.00000420. The summed E-state index contributed by atoms with van der Waals surface area (Å²) in [5, 5.41) is 7.86. The monoisotopic (exact) mass is 537 g/mol. The number of aliphatic imine (C=N–C) groups is 1. The number of halogens is 1. The fourth-order valence-corrected chi connectivity index (χ4v) is 4.00. The van der Waals surface area contributed by atoms with Crippen LogP contribution in [0.15, 0.2) is 11.2 Å². The normalized spacial score (nSPS) is 17.5. The maximum atomic E-state index is 12.3. The summed E-state index contributed by atoms with van der Waals surface area (Å²) in [5.41, 5.74) is -0.443. The van der Waals surface area contributed by atoms with Crippen LogP contribution >= 0.6 is 35.3 Å². The largest absolute Gasteiger partial charge is 0.444 e. The minimum atomic E-state index is -0.443. The molecule has 1 atom stereocenters. The summed E-state index contributed by atoms with van der Waals surface area (Å²) < 4.78 is 5.51. The van der Waals surface area contributed by atoms with Gasteiger partial charge in [0.05, 0.1) is 5.01 Å². The second kappa shape index (κ2) is 12.6. The second-order valence-electron chi connectivity index (χ2n) is 8.26. The number of aryl methyl sites for hydroxylation is 1. The number of aromatic nitrogens is 1. The molecule has 166 valence electrons. The second-order valence-corrected chi connectivity index (χ2v) is 9.58. The van der Waals surface area contributed by atoms with Crippen molar-refractivity contribution in [3.63, 3.8) is 0 Å². The van der Waals surface area contributed by atoms with Crippen molar-refractivity contribution in [3.05, 3.63) is 16.1 Å². The number of guanidine groups is 1. The zero-order valence-corrected chi connectivity index (χ0v) is 21.4. The Labute approximate surface area is 196 Å². The zero-order chi connectivity index (χ0) is 20.6. The Kier molecular flexibility index (Phi) is 11.2. The van der Waals surface area contributed by atoms with Crippen LogP contribution in [-0.4, -0.2) is 60.8 Å². The van der Waals surface area contributed by atoms with Gasteiger partial charge in [-0.3, -0.25) is 4.99 Å². The van der Waals surface area contributed by atoms with E-state index < -0.39 is 5.60 Å². The van der Waals surface area contributed by atoms with Crippen LogP contribution in [0.4, 0.5) is 4.79 Å². The standard InChI is InChI=1S/C20H35N5O2S.HI/c1-15-13-24-17(28-15)9-11-23-18(21-5)22-10-8-16-7-6-12-25(14-16)19(26)27-20(2,3)4;/h13,16H,6-12,14H2,1-5H3,(H2,21,22,23);1H. The molecule has 1 fully saturated rings. The molecule has 1 amide bonds. The zero-order valence-electron chi connectivity index (χ0n) is 18.3. The third-order valence-electron chi connectivity index (χ3n) is 4.54. The predicted molar refractivity (Wildman–Crippen MR) is 130 cm³/mol. The fourth-order valence-electron chi connectivity index (χ4n) is 3.21. The molecule has 0 spiro atoms. The third kappa shape index (κ3) is 9.97. The van der Waals surface area contributed by atoms with Crippen molar-refractivity contribution >= 4 is 47.4 Å². The van der Waals surface area contributed by atoms with Gasteiger partial charge in [-0.05, 0) is 52.9 Å².